The van der Waals surface area contributed by atoms with E-state index < -0.39 is 28.5 Å². The van der Waals surface area contributed by atoms with Gasteiger partial charge in [0, 0.05) is 23.5 Å². The number of amides is 2. The minimum Gasteiger partial charge on any atom is -0.352 e. The first-order chi connectivity index (χ1) is 21.7. The molecule has 5 rings (SSSR count). The van der Waals surface area contributed by atoms with Gasteiger partial charge in [0.05, 0.1) is 10.6 Å². The molecular weight excluding hydrogens is 650 g/mol. The summed E-state index contributed by atoms with van der Waals surface area (Å²) in [7, 11) is -4.12. The lowest BCUT2D eigenvalue weighted by Crippen LogP contribution is -2.54. The summed E-state index contributed by atoms with van der Waals surface area (Å²) in [6.07, 6.45) is 4.20. The van der Waals surface area contributed by atoms with Crippen molar-refractivity contribution in [3.05, 3.63) is 130 Å². The van der Waals surface area contributed by atoms with Crippen LogP contribution in [0.4, 0.5) is 5.69 Å². The van der Waals surface area contributed by atoms with E-state index >= 15 is 0 Å². The molecule has 0 heterocycles. The Kier molecular flexibility index (Phi) is 10.7. The van der Waals surface area contributed by atoms with E-state index in [0.29, 0.717) is 5.69 Å². The summed E-state index contributed by atoms with van der Waals surface area (Å²) >= 11 is 3.53. The fraction of sp³-hybridized carbons (Fsp3) is 0.278. The predicted molar refractivity (Wildman–Crippen MR) is 181 cm³/mol. The second-order valence-electron chi connectivity index (χ2n) is 11.5. The molecule has 0 spiro atoms. The summed E-state index contributed by atoms with van der Waals surface area (Å²) in [5.41, 5.74) is 3.06. The number of carbonyl (C=O) groups excluding carboxylic acids is 2. The Bertz CT molecular complexity index is 1690. The minimum atomic E-state index is -4.12. The number of nitrogens with zero attached hydrogens (tertiary/aromatic N) is 2. The molecule has 1 unspecified atom stereocenters. The van der Waals surface area contributed by atoms with Crippen LogP contribution in [-0.4, -0.2) is 43.8 Å². The van der Waals surface area contributed by atoms with Crippen LogP contribution in [0.3, 0.4) is 0 Å². The largest absolute Gasteiger partial charge is 0.352 e. The SMILES string of the molecule is Cc1ccc(N(CC(=O)N(Cc2cccc(Br)c2)C(Cc2ccccc2)C(=O)NC2CCCC2)S(=O)(=O)c2ccccc2)cc1. The van der Waals surface area contributed by atoms with Crippen LogP contribution in [0.2, 0.25) is 0 Å². The monoisotopic (exact) mass is 687 g/mol. The van der Waals surface area contributed by atoms with Crippen LogP contribution in [0.5, 0.6) is 0 Å². The molecule has 0 bridgehead atoms. The molecule has 0 aliphatic heterocycles. The minimum absolute atomic E-state index is 0.0566. The highest BCUT2D eigenvalue weighted by Crippen LogP contribution is 2.26. The van der Waals surface area contributed by atoms with E-state index in [-0.39, 0.29) is 29.8 Å². The third-order valence-corrected chi connectivity index (χ3v) is 10.4. The maximum Gasteiger partial charge on any atom is 0.264 e. The molecule has 1 aliphatic carbocycles. The third-order valence-electron chi connectivity index (χ3n) is 8.15. The fourth-order valence-electron chi connectivity index (χ4n) is 5.71. The van der Waals surface area contributed by atoms with Crippen LogP contribution in [0, 0.1) is 6.92 Å². The molecule has 7 nitrogen and oxygen atoms in total. The van der Waals surface area contributed by atoms with Crippen molar-refractivity contribution in [1.29, 1.82) is 0 Å². The van der Waals surface area contributed by atoms with E-state index in [1.807, 2.05) is 73.7 Å². The van der Waals surface area contributed by atoms with Gasteiger partial charge in [0.15, 0.2) is 0 Å². The van der Waals surface area contributed by atoms with Crippen LogP contribution in [0.25, 0.3) is 0 Å². The highest BCUT2D eigenvalue weighted by atomic mass is 79.9. The van der Waals surface area contributed by atoms with Crippen LogP contribution >= 0.6 is 15.9 Å². The number of halogens is 1. The Morgan fingerprint density at radius 1 is 0.844 bits per heavy atom. The third kappa shape index (κ3) is 8.41. The molecule has 4 aromatic rings. The molecule has 2 amide bonds. The molecule has 1 aliphatic rings. The van der Waals surface area contributed by atoms with Crippen molar-refractivity contribution >= 4 is 43.5 Å². The van der Waals surface area contributed by atoms with Crippen molar-refractivity contribution in [2.75, 3.05) is 10.8 Å². The summed E-state index contributed by atoms with van der Waals surface area (Å²) < 4.78 is 30.1. The Labute approximate surface area is 274 Å². The summed E-state index contributed by atoms with van der Waals surface area (Å²) in [5.74, 6) is -0.709. The number of sulfonamides is 1. The highest BCUT2D eigenvalue weighted by molar-refractivity contribution is 9.10. The van der Waals surface area contributed by atoms with E-state index in [2.05, 4.69) is 21.2 Å². The summed E-state index contributed by atoms with van der Waals surface area (Å²) in [6.45, 7) is 1.57. The van der Waals surface area contributed by atoms with E-state index in [9.17, 15) is 18.0 Å². The summed E-state index contributed by atoms with van der Waals surface area (Å²) in [6, 6.07) is 31.5. The Balaban J connectivity index is 1.56. The molecule has 0 saturated heterocycles. The maximum absolute atomic E-state index is 14.6. The molecule has 1 N–H and O–H groups in total. The number of anilines is 1. The van der Waals surface area contributed by atoms with Gasteiger partial charge >= 0.3 is 0 Å². The number of hydrogen-bond acceptors (Lipinski definition) is 4. The molecule has 0 radical (unpaired) electrons. The van der Waals surface area contributed by atoms with E-state index in [1.165, 1.54) is 12.1 Å². The van der Waals surface area contributed by atoms with Gasteiger partial charge in [-0.2, -0.15) is 0 Å². The quantitative estimate of drug-likeness (QED) is 0.181. The van der Waals surface area contributed by atoms with Crippen LogP contribution in [0.1, 0.15) is 42.4 Å². The molecular formula is C36H38BrN3O4S. The van der Waals surface area contributed by atoms with Crippen molar-refractivity contribution in [1.82, 2.24) is 10.2 Å². The van der Waals surface area contributed by atoms with Crippen LogP contribution < -0.4 is 9.62 Å². The smallest absolute Gasteiger partial charge is 0.264 e. The lowest BCUT2D eigenvalue weighted by molar-refractivity contribution is -0.140. The molecule has 1 atom stereocenters. The lowest BCUT2D eigenvalue weighted by atomic mass is 10.0. The van der Waals surface area contributed by atoms with Gasteiger partial charge in [0.25, 0.3) is 10.0 Å². The van der Waals surface area contributed by atoms with Crippen molar-refractivity contribution in [3.63, 3.8) is 0 Å². The maximum atomic E-state index is 14.6. The number of benzene rings is 4. The van der Waals surface area contributed by atoms with Crippen molar-refractivity contribution in [3.8, 4) is 0 Å². The molecule has 0 aromatic heterocycles. The first-order valence-corrected chi connectivity index (χ1v) is 17.5. The zero-order valence-electron chi connectivity index (χ0n) is 25.3. The normalized spacial score (nSPS) is 14.1. The first kappa shape index (κ1) is 32.4. The second kappa shape index (κ2) is 14.9. The molecule has 4 aromatic carbocycles. The average molecular weight is 689 g/mol. The zero-order valence-corrected chi connectivity index (χ0v) is 27.7. The molecule has 234 valence electrons. The first-order valence-electron chi connectivity index (χ1n) is 15.2. The molecule has 9 heteroatoms. The Morgan fingerprint density at radius 3 is 2.11 bits per heavy atom. The van der Waals surface area contributed by atoms with E-state index in [1.54, 1.807) is 35.2 Å². The van der Waals surface area contributed by atoms with E-state index in [4.69, 9.17) is 0 Å². The highest BCUT2D eigenvalue weighted by Gasteiger charge is 2.35. The summed E-state index contributed by atoms with van der Waals surface area (Å²) in [5, 5.41) is 3.21. The Morgan fingerprint density at radius 2 is 1.47 bits per heavy atom. The Hall–Kier alpha value is -3.95. The average Bonchev–Trinajstić information content (AvgIpc) is 3.56. The second-order valence-corrected chi connectivity index (χ2v) is 14.3. The zero-order chi connectivity index (χ0) is 31.8. The summed E-state index contributed by atoms with van der Waals surface area (Å²) in [4.78, 5) is 30.3. The predicted octanol–water partition coefficient (Wildman–Crippen LogP) is 6.65. The van der Waals surface area contributed by atoms with Gasteiger partial charge < -0.3 is 10.2 Å². The number of carbonyl (C=O) groups is 2. The number of rotatable bonds is 12. The van der Waals surface area contributed by atoms with Gasteiger partial charge in [-0.1, -0.05) is 107 Å². The van der Waals surface area contributed by atoms with Gasteiger partial charge in [-0.3, -0.25) is 13.9 Å². The molecule has 45 heavy (non-hydrogen) atoms. The van der Waals surface area contributed by atoms with Crippen LogP contribution in [0.15, 0.2) is 119 Å². The van der Waals surface area contributed by atoms with Gasteiger partial charge in [0.2, 0.25) is 11.8 Å². The lowest BCUT2D eigenvalue weighted by Gasteiger charge is -2.34. The number of nitrogens with one attached hydrogen (secondary N) is 1. The fourth-order valence-corrected chi connectivity index (χ4v) is 7.59. The van der Waals surface area contributed by atoms with Crippen molar-refractivity contribution < 1.29 is 18.0 Å². The number of hydrogen-bond donors (Lipinski definition) is 1. The molecule has 1 fully saturated rings. The van der Waals surface area contributed by atoms with Crippen molar-refractivity contribution in [2.24, 2.45) is 0 Å². The van der Waals surface area contributed by atoms with E-state index in [0.717, 1.165) is 51.2 Å². The molecule has 1 saturated carbocycles. The standard InChI is InChI=1S/C36H38BrN3O4S/c1-27-19-21-32(22-20-27)40(45(43,44)33-17-6-3-7-18-33)26-35(41)39(25-29-13-10-14-30(37)23-29)34(24-28-11-4-2-5-12-28)36(42)38-31-15-8-9-16-31/h2-7,10-14,17-23,31,34H,8-9,15-16,24-26H2,1H3,(H,38,42). The van der Waals surface area contributed by atoms with Crippen LogP contribution in [-0.2, 0) is 32.6 Å². The van der Waals surface area contributed by atoms with Gasteiger partial charge in [-0.15, -0.1) is 0 Å². The van der Waals surface area contributed by atoms with Gasteiger partial charge in [0.1, 0.15) is 12.6 Å². The number of aryl methyl sites for hydroxylation is 1. The van der Waals surface area contributed by atoms with Gasteiger partial charge in [-0.05, 0) is 67.3 Å². The van der Waals surface area contributed by atoms with Crippen molar-refractivity contribution in [2.45, 2.75) is 62.6 Å². The topological polar surface area (TPSA) is 86.8 Å². The van der Waals surface area contributed by atoms with Gasteiger partial charge in [-0.25, -0.2) is 8.42 Å².